The number of hydrogen-bond acceptors (Lipinski definition) is 4. The molecular weight excluding hydrogens is 365 g/mol. The van der Waals surface area contributed by atoms with E-state index >= 15 is 0 Å². The molecule has 20 heavy (non-hydrogen) atoms. The summed E-state index contributed by atoms with van der Waals surface area (Å²) < 4.78 is 6.31. The van der Waals surface area contributed by atoms with Crippen LogP contribution in [0.4, 0.5) is 5.82 Å². The third kappa shape index (κ3) is 3.20. The van der Waals surface area contributed by atoms with Crippen LogP contribution in [0.1, 0.15) is 36.8 Å². The smallest absolute Gasteiger partial charge is 0.140 e. The molecule has 5 heteroatoms. The Balaban J connectivity index is 2.39. The molecule has 0 aliphatic heterocycles. The minimum Gasteiger partial charge on any atom is -0.496 e. The van der Waals surface area contributed by atoms with Crippen LogP contribution in [-0.2, 0) is 6.42 Å². The molecule has 0 atom stereocenters. The van der Waals surface area contributed by atoms with Crippen LogP contribution in [0.2, 0.25) is 0 Å². The number of ether oxygens (including phenoxy) is 1. The summed E-state index contributed by atoms with van der Waals surface area (Å²) in [6, 6.07) is 7.89. The molecule has 0 fully saturated rings. The van der Waals surface area contributed by atoms with Gasteiger partial charge in [-0.1, -0.05) is 32.0 Å². The first kappa shape index (κ1) is 15.0. The third-order valence-corrected chi connectivity index (χ3v) is 4.14. The molecule has 1 aromatic heterocycles. The van der Waals surface area contributed by atoms with Gasteiger partial charge in [-0.3, -0.25) is 0 Å². The van der Waals surface area contributed by atoms with Crippen LogP contribution in [-0.4, -0.2) is 17.1 Å². The molecule has 4 nitrogen and oxygen atoms in total. The van der Waals surface area contributed by atoms with Crippen LogP contribution >= 0.6 is 22.6 Å². The molecule has 2 rings (SSSR count). The van der Waals surface area contributed by atoms with Gasteiger partial charge in [-0.25, -0.2) is 9.97 Å². The van der Waals surface area contributed by atoms with Crippen molar-refractivity contribution in [1.29, 1.82) is 0 Å². The zero-order valence-electron chi connectivity index (χ0n) is 11.9. The normalized spacial score (nSPS) is 10.8. The lowest BCUT2D eigenvalue weighted by Crippen LogP contribution is -2.09. The first-order valence-electron chi connectivity index (χ1n) is 6.46. The van der Waals surface area contributed by atoms with Crippen molar-refractivity contribution >= 4 is 28.4 Å². The van der Waals surface area contributed by atoms with Crippen LogP contribution in [0.3, 0.4) is 0 Å². The Morgan fingerprint density at radius 3 is 2.60 bits per heavy atom. The summed E-state index contributed by atoms with van der Waals surface area (Å²) in [5, 5.41) is 0. The number of methoxy groups -OCH3 is 1. The SMILES string of the molecule is COc1ccccc1Cc1nc(N)c(I)c(C(C)C)n1. The maximum absolute atomic E-state index is 5.99. The van der Waals surface area contributed by atoms with Crippen LogP contribution in [0.15, 0.2) is 24.3 Å². The average Bonchev–Trinajstić information content (AvgIpc) is 2.43. The molecule has 0 amide bonds. The van der Waals surface area contributed by atoms with Gasteiger partial charge in [0, 0.05) is 12.0 Å². The molecule has 0 radical (unpaired) electrons. The topological polar surface area (TPSA) is 61.0 Å². The van der Waals surface area contributed by atoms with E-state index < -0.39 is 0 Å². The first-order chi connectivity index (χ1) is 9.52. The Hall–Kier alpha value is -1.37. The number of nitrogens with zero attached hydrogens (tertiary/aromatic N) is 2. The lowest BCUT2D eigenvalue weighted by Gasteiger charge is -2.12. The fourth-order valence-corrected chi connectivity index (χ4v) is 2.88. The van der Waals surface area contributed by atoms with Gasteiger partial charge in [0.2, 0.25) is 0 Å². The van der Waals surface area contributed by atoms with E-state index in [4.69, 9.17) is 10.5 Å². The Bertz CT molecular complexity index is 614. The first-order valence-corrected chi connectivity index (χ1v) is 7.54. The molecule has 0 saturated heterocycles. The molecule has 1 aromatic carbocycles. The minimum absolute atomic E-state index is 0.323. The molecule has 0 saturated carbocycles. The number of benzene rings is 1. The minimum atomic E-state index is 0.323. The highest BCUT2D eigenvalue weighted by atomic mass is 127. The van der Waals surface area contributed by atoms with E-state index in [-0.39, 0.29) is 0 Å². The maximum Gasteiger partial charge on any atom is 0.140 e. The summed E-state index contributed by atoms with van der Waals surface area (Å²) in [7, 11) is 1.67. The fourth-order valence-electron chi connectivity index (χ4n) is 2.01. The van der Waals surface area contributed by atoms with Crippen molar-refractivity contribution in [3.05, 3.63) is 44.9 Å². The molecule has 106 valence electrons. The number of hydrogen-bond donors (Lipinski definition) is 1. The molecular formula is C15H18IN3O. The molecule has 0 unspecified atom stereocenters. The van der Waals surface area contributed by atoms with Crippen LogP contribution < -0.4 is 10.5 Å². The van der Waals surface area contributed by atoms with Gasteiger partial charge in [0.05, 0.1) is 16.4 Å². The highest BCUT2D eigenvalue weighted by Gasteiger charge is 2.14. The lowest BCUT2D eigenvalue weighted by molar-refractivity contribution is 0.410. The quantitative estimate of drug-likeness (QED) is 0.823. The molecule has 0 spiro atoms. The number of rotatable bonds is 4. The van der Waals surface area contributed by atoms with Crippen molar-refractivity contribution in [2.75, 3.05) is 12.8 Å². The predicted octanol–water partition coefficient (Wildman–Crippen LogP) is 3.39. The van der Waals surface area contributed by atoms with Gasteiger partial charge >= 0.3 is 0 Å². The summed E-state index contributed by atoms with van der Waals surface area (Å²) in [6.07, 6.45) is 0.616. The summed E-state index contributed by atoms with van der Waals surface area (Å²) >= 11 is 2.21. The van der Waals surface area contributed by atoms with Crippen molar-refractivity contribution in [2.24, 2.45) is 0 Å². The second-order valence-electron chi connectivity index (χ2n) is 4.87. The summed E-state index contributed by atoms with van der Waals surface area (Å²) in [5.41, 5.74) is 8.06. The third-order valence-electron chi connectivity index (χ3n) is 3.04. The zero-order chi connectivity index (χ0) is 14.7. The predicted molar refractivity (Wildman–Crippen MR) is 89.1 cm³/mol. The number of para-hydroxylation sites is 1. The molecule has 2 N–H and O–H groups in total. The van der Waals surface area contributed by atoms with Crippen LogP contribution in [0.25, 0.3) is 0 Å². The van der Waals surface area contributed by atoms with Crippen molar-refractivity contribution in [3.63, 3.8) is 0 Å². The van der Waals surface area contributed by atoms with E-state index in [9.17, 15) is 0 Å². The summed E-state index contributed by atoms with van der Waals surface area (Å²) in [5.74, 6) is 2.45. The Labute approximate surface area is 132 Å². The molecule has 0 aliphatic rings. The Kier molecular flexibility index (Phi) is 4.80. The van der Waals surface area contributed by atoms with Crippen molar-refractivity contribution in [1.82, 2.24) is 9.97 Å². The largest absolute Gasteiger partial charge is 0.496 e. The maximum atomic E-state index is 5.99. The summed E-state index contributed by atoms with van der Waals surface area (Å²) in [4.78, 5) is 9.04. The lowest BCUT2D eigenvalue weighted by atomic mass is 10.1. The average molecular weight is 383 g/mol. The van der Waals surface area contributed by atoms with Crippen LogP contribution in [0, 0.1) is 3.57 Å². The van der Waals surface area contributed by atoms with Gasteiger partial charge in [0.25, 0.3) is 0 Å². The van der Waals surface area contributed by atoms with E-state index in [2.05, 4.69) is 46.4 Å². The second-order valence-corrected chi connectivity index (χ2v) is 5.95. The number of anilines is 1. The van der Waals surface area contributed by atoms with E-state index in [1.807, 2.05) is 24.3 Å². The van der Waals surface area contributed by atoms with Crippen molar-refractivity contribution in [2.45, 2.75) is 26.2 Å². The van der Waals surface area contributed by atoms with Gasteiger partial charge in [0.1, 0.15) is 17.4 Å². The van der Waals surface area contributed by atoms with Gasteiger partial charge in [-0.15, -0.1) is 0 Å². The number of nitrogen functional groups attached to an aromatic ring is 1. The molecule has 0 aliphatic carbocycles. The monoisotopic (exact) mass is 383 g/mol. The van der Waals surface area contributed by atoms with Gasteiger partial charge in [0.15, 0.2) is 0 Å². The number of halogens is 1. The van der Waals surface area contributed by atoms with E-state index in [1.165, 1.54) is 0 Å². The molecule has 0 bridgehead atoms. The van der Waals surface area contributed by atoms with Crippen molar-refractivity contribution < 1.29 is 4.74 Å². The highest BCUT2D eigenvalue weighted by molar-refractivity contribution is 14.1. The van der Waals surface area contributed by atoms with E-state index in [1.54, 1.807) is 7.11 Å². The fraction of sp³-hybridized carbons (Fsp3) is 0.333. The Morgan fingerprint density at radius 2 is 1.95 bits per heavy atom. The van der Waals surface area contributed by atoms with Gasteiger partial charge in [-0.05, 0) is 34.6 Å². The van der Waals surface area contributed by atoms with E-state index in [0.717, 1.165) is 26.4 Å². The second kappa shape index (κ2) is 6.39. The summed E-state index contributed by atoms with van der Waals surface area (Å²) in [6.45, 7) is 4.22. The molecule has 2 aromatic rings. The van der Waals surface area contributed by atoms with Gasteiger partial charge in [-0.2, -0.15) is 0 Å². The van der Waals surface area contributed by atoms with Gasteiger partial charge < -0.3 is 10.5 Å². The number of nitrogens with two attached hydrogens (primary N) is 1. The zero-order valence-corrected chi connectivity index (χ0v) is 14.0. The highest BCUT2D eigenvalue weighted by Crippen LogP contribution is 2.25. The number of aromatic nitrogens is 2. The Morgan fingerprint density at radius 1 is 1.25 bits per heavy atom. The van der Waals surface area contributed by atoms with E-state index in [0.29, 0.717) is 18.2 Å². The standard InChI is InChI=1S/C15H18IN3O/c1-9(2)14-13(16)15(17)19-12(18-14)8-10-6-4-5-7-11(10)20-3/h4-7,9H,8H2,1-3H3,(H2,17,18,19). The van der Waals surface area contributed by atoms with Crippen LogP contribution in [0.5, 0.6) is 5.75 Å². The van der Waals surface area contributed by atoms with Crippen molar-refractivity contribution in [3.8, 4) is 5.75 Å². The molecule has 1 heterocycles.